The molecule has 1 aliphatic heterocycles. The molecule has 0 aromatic carbocycles. The normalized spacial score (nSPS) is 18.9. The molecule has 0 aromatic rings. The fourth-order valence-corrected chi connectivity index (χ4v) is 2.43. The molecule has 1 aliphatic rings. The van der Waals surface area contributed by atoms with Gasteiger partial charge in [-0.05, 0) is 25.8 Å². The van der Waals surface area contributed by atoms with E-state index in [0.717, 1.165) is 38.9 Å². The van der Waals surface area contributed by atoms with Crippen LogP contribution in [0.25, 0.3) is 0 Å². The number of carbonyl (C=O) groups excluding carboxylic acids is 2. The van der Waals surface area contributed by atoms with E-state index in [4.69, 9.17) is 11.5 Å². The second-order valence-electron chi connectivity index (χ2n) is 5.25. The highest BCUT2D eigenvalue weighted by Gasteiger charge is 2.23. The van der Waals surface area contributed by atoms with Crippen LogP contribution in [0.15, 0.2) is 0 Å². The van der Waals surface area contributed by atoms with Crippen molar-refractivity contribution in [3.8, 4) is 0 Å². The maximum absolute atomic E-state index is 12.3. The Balaban J connectivity index is 2.43. The molecule has 19 heavy (non-hydrogen) atoms. The molecule has 0 bridgehead atoms. The molecule has 0 spiro atoms. The second kappa shape index (κ2) is 8.12. The quantitative estimate of drug-likeness (QED) is 0.673. The zero-order valence-corrected chi connectivity index (χ0v) is 11.8. The highest BCUT2D eigenvalue weighted by atomic mass is 16.2. The number of primary amides is 1. The van der Waals surface area contributed by atoms with Crippen LogP contribution in [0.1, 0.15) is 26.2 Å². The van der Waals surface area contributed by atoms with E-state index in [9.17, 15) is 9.59 Å². The van der Waals surface area contributed by atoms with Gasteiger partial charge in [-0.15, -0.1) is 0 Å². The monoisotopic (exact) mass is 270 g/mol. The van der Waals surface area contributed by atoms with Crippen molar-refractivity contribution in [3.63, 3.8) is 0 Å². The van der Waals surface area contributed by atoms with Gasteiger partial charge < -0.3 is 16.4 Å². The molecule has 0 radical (unpaired) electrons. The highest BCUT2D eigenvalue weighted by molar-refractivity contribution is 5.78. The molecule has 1 saturated heterocycles. The number of hydrogen-bond acceptors (Lipinski definition) is 4. The summed E-state index contributed by atoms with van der Waals surface area (Å²) in [7, 11) is 0. The van der Waals surface area contributed by atoms with Crippen LogP contribution < -0.4 is 11.5 Å². The lowest BCUT2D eigenvalue weighted by Crippen LogP contribution is -2.40. The fraction of sp³-hybridized carbons (Fsp3) is 0.846. The van der Waals surface area contributed by atoms with Crippen molar-refractivity contribution in [2.45, 2.75) is 26.2 Å². The molecule has 0 aromatic heterocycles. The molecule has 110 valence electrons. The van der Waals surface area contributed by atoms with E-state index in [-0.39, 0.29) is 24.3 Å². The van der Waals surface area contributed by atoms with Gasteiger partial charge in [0.05, 0.1) is 6.54 Å². The number of amides is 2. The maximum Gasteiger partial charge on any atom is 0.231 e. The van der Waals surface area contributed by atoms with Crippen LogP contribution in [-0.2, 0) is 9.59 Å². The van der Waals surface area contributed by atoms with Crippen LogP contribution >= 0.6 is 0 Å². The Kier molecular flexibility index (Phi) is 6.80. The van der Waals surface area contributed by atoms with E-state index < -0.39 is 0 Å². The third-order valence-corrected chi connectivity index (χ3v) is 3.54. The van der Waals surface area contributed by atoms with E-state index in [0.29, 0.717) is 13.1 Å². The Morgan fingerprint density at radius 1 is 1.21 bits per heavy atom. The minimum atomic E-state index is -0.309. The van der Waals surface area contributed by atoms with Crippen LogP contribution in [0.4, 0.5) is 0 Å². The van der Waals surface area contributed by atoms with Gasteiger partial charge in [-0.1, -0.05) is 6.92 Å². The van der Waals surface area contributed by atoms with E-state index >= 15 is 0 Å². The lowest BCUT2D eigenvalue weighted by atomic mass is 10.0. The first kappa shape index (κ1) is 15.9. The molecular formula is C13H26N4O2. The summed E-state index contributed by atoms with van der Waals surface area (Å²) >= 11 is 0. The molecule has 1 rings (SSSR count). The summed E-state index contributed by atoms with van der Waals surface area (Å²) in [6, 6.07) is 0. The van der Waals surface area contributed by atoms with Crippen LogP contribution in [0, 0.1) is 5.92 Å². The smallest absolute Gasteiger partial charge is 0.231 e. The average molecular weight is 270 g/mol. The SMILES string of the molecule is CC(CCCN)C(=O)N1CCCN(CC(N)=O)CC1. The third-order valence-electron chi connectivity index (χ3n) is 3.54. The van der Waals surface area contributed by atoms with Gasteiger partial charge in [0.15, 0.2) is 0 Å². The first-order valence-corrected chi connectivity index (χ1v) is 7.04. The molecule has 1 fully saturated rings. The summed E-state index contributed by atoms with van der Waals surface area (Å²) in [5.74, 6) is -0.0725. The summed E-state index contributed by atoms with van der Waals surface area (Å²) in [6.45, 7) is 5.86. The van der Waals surface area contributed by atoms with E-state index in [1.54, 1.807) is 0 Å². The van der Waals surface area contributed by atoms with E-state index in [2.05, 4.69) is 0 Å². The van der Waals surface area contributed by atoms with Gasteiger partial charge in [-0.25, -0.2) is 0 Å². The van der Waals surface area contributed by atoms with Crippen molar-refractivity contribution in [2.24, 2.45) is 17.4 Å². The molecule has 0 saturated carbocycles. The Morgan fingerprint density at radius 3 is 2.58 bits per heavy atom. The summed E-state index contributed by atoms with van der Waals surface area (Å²) in [4.78, 5) is 27.1. The molecule has 6 heteroatoms. The number of nitrogens with zero attached hydrogens (tertiary/aromatic N) is 2. The fourth-order valence-electron chi connectivity index (χ4n) is 2.43. The van der Waals surface area contributed by atoms with Gasteiger partial charge in [0.2, 0.25) is 11.8 Å². The van der Waals surface area contributed by atoms with Gasteiger partial charge in [-0.3, -0.25) is 14.5 Å². The Morgan fingerprint density at radius 2 is 1.95 bits per heavy atom. The van der Waals surface area contributed by atoms with Crippen LogP contribution in [0.3, 0.4) is 0 Å². The predicted octanol–water partition coefficient (Wildman–Crippen LogP) is -0.619. The minimum absolute atomic E-state index is 0.0336. The molecule has 0 aliphatic carbocycles. The lowest BCUT2D eigenvalue weighted by Gasteiger charge is -2.24. The lowest BCUT2D eigenvalue weighted by molar-refractivity contribution is -0.135. The zero-order valence-electron chi connectivity index (χ0n) is 11.8. The molecule has 1 unspecified atom stereocenters. The van der Waals surface area contributed by atoms with Crippen LogP contribution in [0.5, 0.6) is 0 Å². The van der Waals surface area contributed by atoms with Gasteiger partial charge in [0.1, 0.15) is 0 Å². The number of hydrogen-bond donors (Lipinski definition) is 2. The molecule has 1 atom stereocenters. The topological polar surface area (TPSA) is 92.7 Å². The first-order valence-electron chi connectivity index (χ1n) is 7.04. The maximum atomic E-state index is 12.3. The number of nitrogens with two attached hydrogens (primary N) is 2. The van der Waals surface area contributed by atoms with Crippen molar-refractivity contribution < 1.29 is 9.59 Å². The van der Waals surface area contributed by atoms with Crippen molar-refractivity contribution in [1.29, 1.82) is 0 Å². The van der Waals surface area contributed by atoms with Crippen molar-refractivity contribution in [1.82, 2.24) is 9.80 Å². The summed E-state index contributed by atoms with van der Waals surface area (Å²) in [5.41, 5.74) is 10.7. The zero-order chi connectivity index (χ0) is 14.3. The van der Waals surface area contributed by atoms with Gasteiger partial charge in [0, 0.05) is 32.1 Å². The molecule has 6 nitrogen and oxygen atoms in total. The first-order chi connectivity index (χ1) is 9.04. The Bertz CT molecular complexity index is 309. The van der Waals surface area contributed by atoms with Gasteiger partial charge >= 0.3 is 0 Å². The number of rotatable bonds is 6. The third kappa shape index (κ3) is 5.57. The highest BCUT2D eigenvalue weighted by Crippen LogP contribution is 2.12. The van der Waals surface area contributed by atoms with E-state index in [1.807, 2.05) is 16.7 Å². The second-order valence-corrected chi connectivity index (χ2v) is 5.25. The summed E-state index contributed by atoms with van der Waals surface area (Å²) in [6.07, 6.45) is 2.62. The van der Waals surface area contributed by atoms with E-state index in [1.165, 1.54) is 0 Å². The molecule has 4 N–H and O–H groups in total. The van der Waals surface area contributed by atoms with Crippen molar-refractivity contribution >= 4 is 11.8 Å². The standard InChI is InChI=1S/C13H26N4O2/c1-11(4-2-5-14)13(19)17-7-3-6-16(8-9-17)10-12(15)18/h11H,2-10,14H2,1H3,(H2,15,18). The summed E-state index contributed by atoms with van der Waals surface area (Å²) < 4.78 is 0. The Hall–Kier alpha value is -1.14. The Labute approximate surface area is 115 Å². The molecule has 1 heterocycles. The van der Waals surface area contributed by atoms with Crippen molar-refractivity contribution in [3.05, 3.63) is 0 Å². The molecular weight excluding hydrogens is 244 g/mol. The number of carbonyl (C=O) groups is 2. The molecule has 2 amide bonds. The average Bonchev–Trinajstić information content (AvgIpc) is 2.60. The van der Waals surface area contributed by atoms with Gasteiger partial charge in [-0.2, -0.15) is 0 Å². The van der Waals surface area contributed by atoms with Crippen molar-refractivity contribution in [2.75, 3.05) is 39.3 Å². The largest absolute Gasteiger partial charge is 0.369 e. The van der Waals surface area contributed by atoms with Crippen LogP contribution in [-0.4, -0.2) is 60.9 Å². The predicted molar refractivity (Wildman–Crippen MR) is 74.3 cm³/mol. The van der Waals surface area contributed by atoms with Gasteiger partial charge in [0.25, 0.3) is 0 Å². The minimum Gasteiger partial charge on any atom is -0.369 e. The summed E-state index contributed by atoms with van der Waals surface area (Å²) in [5, 5.41) is 0. The van der Waals surface area contributed by atoms with Crippen LogP contribution in [0.2, 0.25) is 0 Å².